The summed E-state index contributed by atoms with van der Waals surface area (Å²) in [7, 11) is 0. The van der Waals surface area contributed by atoms with Gasteiger partial charge in [0.2, 0.25) is 11.1 Å². The molecule has 0 bridgehead atoms. The zero-order valence-electron chi connectivity index (χ0n) is 18.0. The summed E-state index contributed by atoms with van der Waals surface area (Å²) in [5.41, 5.74) is 5.50. The molecule has 0 aliphatic carbocycles. The first-order valence-corrected chi connectivity index (χ1v) is 10.9. The van der Waals surface area contributed by atoms with Gasteiger partial charge in [0, 0.05) is 17.7 Å². The molecule has 1 atom stereocenters. The molecule has 31 heavy (non-hydrogen) atoms. The second-order valence-corrected chi connectivity index (χ2v) is 8.44. The molecule has 2 aromatic carbocycles. The molecule has 3 rings (SSSR count). The summed E-state index contributed by atoms with van der Waals surface area (Å²) in [6, 6.07) is 15.5. The van der Waals surface area contributed by atoms with E-state index in [1.54, 1.807) is 13.8 Å². The number of thioether (sulfide) groups is 1. The van der Waals surface area contributed by atoms with E-state index in [1.165, 1.54) is 0 Å². The second kappa shape index (κ2) is 10.2. The van der Waals surface area contributed by atoms with Crippen molar-refractivity contribution in [2.24, 2.45) is 0 Å². The van der Waals surface area contributed by atoms with Crippen LogP contribution in [0.2, 0.25) is 0 Å². The van der Waals surface area contributed by atoms with Gasteiger partial charge in [-0.15, -0.1) is 10.2 Å². The predicted octanol–water partition coefficient (Wildman–Crippen LogP) is 4.15. The van der Waals surface area contributed by atoms with Gasteiger partial charge >= 0.3 is 6.03 Å². The van der Waals surface area contributed by atoms with Crippen LogP contribution < -0.4 is 10.6 Å². The first-order valence-electron chi connectivity index (χ1n) is 10.0. The largest absolute Gasteiger partial charge is 0.338 e. The Kier molecular flexibility index (Phi) is 7.36. The van der Waals surface area contributed by atoms with E-state index in [0.717, 1.165) is 34.0 Å². The number of hydrogen-bond donors (Lipinski definition) is 2. The topological polar surface area (TPSA) is 96.9 Å². The van der Waals surface area contributed by atoms with Crippen molar-refractivity contribution >= 4 is 23.7 Å². The van der Waals surface area contributed by atoms with E-state index in [4.69, 9.17) is 4.98 Å². The molecule has 0 radical (unpaired) electrons. The Morgan fingerprint density at radius 3 is 2.00 bits per heavy atom. The van der Waals surface area contributed by atoms with E-state index in [-0.39, 0.29) is 0 Å². The van der Waals surface area contributed by atoms with Crippen LogP contribution in [0.15, 0.2) is 53.7 Å². The summed E-state index contributed by atoms with van der Waals surface area (Å²) >= 11 is 1.15. The zero-order valence-corrected chi connectivity index (χ0v) is 18.8. The summed E-state index contributed by atoms with van der Waals surface area (Å²) < 4.78 is 0. The van der Waals surface area contributed by atoms with Crippen molar-refractivity contribution in [2.45, 2.75) is 38.1 Å². The van der Waals surface area contributed by atoms with Crippen LogP contribution in [-0.4, -0.2) is 38.9 Å². The van der Waals surface area contributed by atoms with E-state index in [0.29, 0.717) is 23.1 Å². The highest BCUT2D eigenvalue weighted by molar-refractivity contribution is 8.00. The molecule has 0 spiro atoms. The molecule has 0 aliphatic heterocycles. The average molecular weight is 436 g/mol. The molecule has 3 amide bonds. The minimum absolute atomic E-state index is 0.366. The maximum atomic E-state index is 12.3. The number of aromatic nitrogens is 3. The van der Waals surface area contributed by atoms with Crippen molar-refractivity contribution in [3.8, 4) is 22.5 Å². The highest BCUT2D eigenvalue weighted by Crippen LogP contribution is 2.31. The fourth-order valence-corrected chi connectivity index (χ4v) is 3.52. The molecule has 2 N–H and O–H groups in total. The van der Waals surface area contributed by atoms with Crippen molar-refractivity contribution in [1.82, 2.24) is 25.8 Å². The smallest absolute Gasteiger partial charge is 0.321 e. The average Bonchev–Trinajstić information content (AvgIpc) is 2.75. The van der Waals surface area contributed by atoms with Crippen LogP contribution in [0.5, 0.6) is 0 Å². The van der Waals surface area contributed by atoms with Gasteiger partial charge in [-0.2, -0.15) is 0 Å². The van der Waals surface area contributed by atoms with Gasteiger partial charge < -0.3 is 5.32 Å². The number of carbonyl (C=O) groups is 2. The number of amides is 3. The Hall–Kier alpha value is -3.26. The molecular formula is C23H25N5O2S. The fraction of sp³-hybridized carbons (Fsp3) is 0.261. The minimum atomic E-state index is -0.569. The molecule has 0 saturated carbocycles. The second-order valence-electron chi connectivity index (χ2n) is 7.13. The van der Waals surface area contributed by atoms with Gasteiger partial charge in [-0.3, -0.25) is 10.1 Å². The van der Waals surface area contributed by atoms with Crippen molar-refractivity contribution in [1.29, 1.82) is 0 Å². The number of aryl methyl sites for hydroxylation is 2. The Balaban J connectivity index is 1.91. The van der Waals surface area contributed by atoms with Crippen molar-refractivity contribution < 1.29 is 9.59 Å². The van der Waals surface area contributed by atoms with Crippen LogP contribution in [0.4, 0.5) is 4.79 Å². The molecule has 0 unspecified atom stereocenters. The maximum absolute atomic E-state index is 12.3. The third-order valence-electron chi connectivity index (χ3n) is 4.54. The van der Waals surface area contributed by atoms with Gasteiger partial charge in [0.25, 0.3) is 0 Å². The molecule has 0 fully saturated rings. The summed E-state index contributed by atoms with van der Waals surface area (Å²) in [5, 5.41) is 13.3. The number of nitrogens with one attached hydrogen (secondary N) is 2. The first kappa shape index (κ1) is 22.4. The number of imide groups is 1. The van der Waals surface area contributed by atoms with Crippen LogP contribution >= 0.6 is 11.8 Å². The Morgan fingerprint density at radius 1 is 0.903 bits per heavy atom. The van der Waals surface area contributed by atoms with Crippen LogP contribution in [0.1, 0.15) is 25.0 Å². The molecule has 7 nitrogen and oxygen atoms in total. The zero-order chi connectivity index (χ0) is 22.4. The Morgan fingerprint density at radius 2 is 1.45 bits per heavy atom. The number of hydrogen-bond acceptors (Lipinski definition) is 6. The van der Waals surface area contributed by atoms with Gasteiger partial charge in [-0.25, -0.2) is 9.78 Å². The maximum Gasteiger partial charge on any atom is 0.321 e. The lowest BCUT2D eigenvalue weighted by molar-refractivity contribution is -0.119. The third-order valence-corrected chi connectivity index (χ3v) is 5.49. The van der Waals surface area contributed by atoms with Gasteiger partial charge in [0.15, 0.2) is 0 Å². The summed E-state index contributed by atoms with van der Waals surface area (Å²) in [6.45, 7) is 7.97. The van der Waals surface area contributed by atoms with Crippen molar-refractivity contribution in [3.63, 3.8) is 0 Å². The molecule has 1 aromatic heterocycles. The normalized spacial score (nSPS) is 11.6. The number of rotatable bonds is 6. The van der Waals surface area contributed by atoms with Gasteiger partial charge in [0.1, 0.15) is 11.4 Å². The molecular weight excluding hydrogens is 410 g/mol. The molecule has 8 heteroatoms. The quantitative estimate of drug-likeness (QED) is 0.565. The fourth-order valence-electron chi connectivity index (χ4n) is 2.81. The van der Waals surface area contributed by atoms with Crippen molar-refractivity contribution in [3.05, 3.63) is 59.7 Å². The number of nitrogens with zero attached hydrogens (tertiary/aromatic N) is 3. The van der Waals surface area contributed by atoms with E-state index in [9.17, 15) is 9.59 Å². The van der Waals surface area contributed by atoms with Crippen LogP contribution in [0, 0.1) is 13.8 Å². The van der Waals surface area contributed by atoms with Crippen LogP contribution in [0.25, 0.3) is 22.5 Å². The highest BCUT2D eigenvalue weighted by atomic mass is 32.2. The summed E-state index contributed by atoms with van der Waals surface area (Å²) in [6.07, 6.45) is 0. The van der Waals surface area contributed by atoms with Crippen LogP contribution in [-0.2, 0) is 4.79 Å². The SMILES string of the molecule is CCNC(=O)NC(=O)[C@@H](C)Sc1nnc(-c2ccc(C)cc2)c(-c2ccc(C)cc2)n1. The van der Waals surface area contributed by atoms with Crippen LogP contribution in [0.3, 0.4) is 0 Å². The molecule has 0 aliphatic rings. The van der Waals surface area contributed by atoms with Gasteiger partial charge in [-0.05, 0) is 27.7 Å². The lowest BCUT2D eigenvalue weighted by atomic mass is 10.0. The first-order chi connectivity index (χ1) is 14.9. The number of carbonyl (C=O) groups excluding carboxylic acids is 2. The summed E-state index contributed by atoms with van der Waals surface area (Å²) in [4.78, 5) is 28.6. The number of urea groups is 1. The number of benzene rings is 2. The predicted molar refractivity (Wildman–Crippen MR) is 123 cm³/mol. The minimum Gasteiger partial charge on any atom is -0.338 e. The van der Waals surface area contributed by atoms with E-state index in [2.05, 4.69) is 20.8 Å². The monoisotopic (exact) mass is 435 g/mol. The lowest BCUT2D eigenvalue weighted by Gasteiger charge is -2.13. The highest BCUT2D eigenvalue weighted by Gasteiger charge is 2.20. The van der Waals surface area contributed by atoms with Gasteiger partial charge in [-0.1, -0.05) is 71.4 Å². The van der Waals surface area contributed by atoms with Crippen molar-refractivity contribution in [2.75, 3.05) is 6.54 Å². The van der Waals surface area contributed by atoms with E-state index >= 15 is 0 Å². The standard InChI is InChI=1S/C23H25N5O2S/c1-5-24-22(30)26-21(29)16(4)31-23-25-19(17-10-6-14(2)7-11-17)20(27-28-23)18-12-8-15(3)9-13-18/h6-13,16H,5H2,1-4H3,(H2,24,26,29,30)/t16-/m1/s1. The Bertz CT molecular complexity index is 1070. The lowest BCUT2D eigenvalue weighted by Crippen LogP contribution is -2.42. The Labute approximate surface area is 186 Å². The molecule has 1 heterocycles. The van der Waals surface area contributed by atoms with E-state index in [1.807, 2.05) is 62.4 Å². The molecule has 3 aromatic rings. The van der Waals surface area contributed by atoms with Gasteiger partial charge in [0.05, 0.1) is 5.25 Å². The third kappa shape index (κ3) is 5.88. The molecule has 0 saturated heterocycles. The van der Waals surface area contributed by atoms with E-state index < -0.39 is 17.2 Å². The summed E-state index contributed by atoms with van der Waals surface area (Å²) in [5.74, 6) is -0.418. The molecule has 160 valence electrons.